The first-order valence-electron chi connectivity index (χ1n) is 7.54. The lowest BCUT2D eigenvalue weighted by atomic mass is 9.92. The molecule has 0 amide bonds. The Morgan fingerprint density at radius 2 is 1.86 bits per heavy atom. The lowest BCUT2D eigenvalue weighted by molar-refractivity contribution is 0.202. The zero-order valence-corrected chi connectivity index (χ0v) is 14.7. The van der Waals surface area contributed by atoms with Crippen LogP contribution in [0.3, 0.4) is 0 Å². The average molecular weight is 328 g/mol. The molecule has 6 heteroatoms. The monoisotopic (exact) mass is 328 g/mol. The fourth-order valence-corrected chi connectivity index (χ4v) is 3.93. The van der Waals surface area contributed by atoms with Gasteiger partial charge in [-0.25, -0.2) is 13.1 Å². The maximum absolute atomic E-state index is 12.5. The Hall–Kier alpha value is -0.950. The predicted molar refractivity (Wildman–Crippen MR) is 89.3 cm³/mol. The van der Waals surface area contributed by atoms with Gasteiger partial charge in [0.25, 0.3) is 0 Å². The van der Waals surface area contributed by atoms with Gasteiger partial charge in [-0.05, 0) is 43.4 Å². The van der Waals surface area contributed by atoms with Crippen LogP contribution in [0.2, 0.25) is 0 Å². The van der Waals surface area contributed by atoms with E-state index in [1.807, 2.05) is 32.9 Å². The van der Waals surface area contributed by atoms with Crippen molar-refractivity contribution in [3.63, 3.8) is 0 Å². The third-order valence-electron chi connectivity index (χ3n) is 3.52. The van der Waals surface area contributed by atoms with Crippen molar-refractivity contribution in [3.05, 3.63) is 29.8 Å². The van der Waals surface area contributed by atoms with E-state index in [0.29, 0.717) is 18.9 Å². The first-order valence-corrected chi connectivity index (χ1v) is 9.02. The average Bonchev–Trinajstić information content (AvgIpc) is 2.44. The molecule has 0 radical (unpaired) electrons. The van der Waals surface area contributed by atoms with Gasteiger partial charge in [0.15, 0.2) is 0 Å². The van der Waals surface area contributed by atoms with Crippen LogP contribution in [0.25, 0.3) is 0 Å². The molecule has 0 aromatic heterocycles. The Labute approximate surface area is 134 Å². The molecule has 3 N–H and O–H groups in total. The van der Waals surface area contributed by atoms with Crippen molar-refractivity contribution in [3.8, 4) is 0 Å². The molecule has 1 unspecified atom stereocenters. The van der Waals surface area contributed by atoms with Crippen molar-refractivity contribution in [2.45, 2.75) is 44.0 Å². The highest BCUT2D eigenvalue weighted by atomic mass is 32.2. The van der Waals surface area contributed by atoms with E-state index >= 15 is 0 Å². The standard InChI is InChI=1S/C16H28N2O3S/c1-13(2)11-16(3,12-17)18-22(19,20)15-7-5-14(6-8-15)9-10-21-4/h5-8,13,18H,9-12,17H2,1-4H3. The largest absolute Gasteiger partial charge is 0.384 e. The number of ether oxygens (including phenoxy) is 1. The second-order valence-corrected chi connectivity index (χ2v) is 8.04. The maximum atomic E-state index is 12.5. The summed E-state index contributed by atoms with van der Waals surface area (Å²) < 4.78 is 32.8. The van der Waals surface area contributed by atoms with Crippen LogP contribution in [0.1, 0.15) is 32.8 Å². The van der Waals surface area contributed by atoms with Crippen molar-refractivity contribution >= 4 is 10.0 Å². The summed E-state index contributed by atoms with van der Waals surface area (Å²) >= 11 is 0. The Balaban J connectivity index is 2.89. The quantitative estimate of drug-likeness (QED) is 0.725. The third kappa shape index (κ3) is 5.68. The molecule has 0 aliphatic carbocycles. The lowest BCUT2D eigenvalue weighted by Gasteiger charge is -2.30. The molecule has 1 aromatic rings. The zero-order chi connectivity index (χ0) is 16.8. The van der Waals surface area contributed by atoms with Crippen LogP contribution in [0, 0.1) is 5.92 Å². The molecule has 0 aliphatic rings. The number of methoxy groups -OCH3 is 1. The van der Waals surface area contributed by atoms with Crippen molar-refractivity contribution in [2.24, 2.45) is 11.7 Å². The van der Waals surface area contributed by atoms with E-state index in [9.17, 15) is 8.42 Å². The van der Waals surface area contributed by atoms with Crippen LogP contribution >= 0.6 is 0 Å². The smallest absolute Gasteiger partial charge is 0.241 e. The fraction of sp³-hybridized carbons (Fsp3) is 0.625. The summed E-state index contributed by atoms with van der Waals surface area (Å²) in [7, 11) is -1.93. The van der Waals surface area contributed by atoms with Gasteiger partial charge in [0.05, 0.1) is 11.5 Å². The molecule has 0 aliphatic heterocycles. The number of sulfonamides is 1. The number of nitrogens with two attached hydrogens (primary N) is 1. The number of benzene rings is 1. The summed E-state index contributed by atoms with van der Waals surface area (Å²) in [6.45, 7) is 6.82. The van der Waals surface area contributed by atoms with Crippen molar-refractivity contribution in [2.75, 3.05) is 20.3 Å². The Kier molecular flexibility index (Phi) is 6.99. The molecular formula is C16H28N2O3S. The minimum absolute atomic E-state index is 0.260. The van der Waals surface area contributed by atoms with Crippen LogP contribution in [-0.4, -0.2) is 34.2 Å². The Morgan fingerprint density at radius 1 is 1.27 bits per heavy atom. The molecule has 5 nitrogen and oxygen atoms in total. The molecular weight excluding hydrogens is 300 g/mol. The van der Waals surface area contributed by atoms with E-state index in [4.69, 9.17) is 10.5 Å². The minimum Gasteiger partial charge on any atom is -0.384 e. The molecule has 0 spiro atoms. The normalized spacial score (nSPS) is 15.0. The van der Waals surface area contributed by atoms with Crippen molar-refractivity contribution in [1.29, 1.82) is 0 Å². The molecule has 22 heavy (non-hydrogen) atoms. The van der Waals surface area contributed by atoms with Crippen LogP contribution in [0.4, 0.5) is 0 Å². The fourth-order valence-electron chi connectivity index (χ4n) is 2.51. The lowest BCUT2D eigenvalue weighted by Crippen LogP contribution is -2.51. The van der Waals surface area contributed by atoms with Crippen molar-refractivity contribution in [1.82, 2.24) is 4.72 Å². The third-order valence-corrected chi connectivity index (χ3v) is 5.17. The Morgan fingerprint density at radius 3 is 2.32 bits per heavy atom. The van der Waals surface area contributed by atoms with Crippen LogP contribution in [-0.2, 0) is 21.2 Å². The number of hydrogen-bond acceptors (Lipinski definition) is 4. The van der Waals surface area contributed by atoms with Gasteiger partial charge in [-0.2, -0.15) is 0 Å². The molecule has 1 atom stereocenters. The van der Waals surface area contributed by atoms with E-state index in [1.165, 1.54) is 0 Å². The molecule has 0 saturated carbocycles. The van der Waals surface area contributed by atoms with Gasteiger partial charge in [-0.3, -0.25) is 0 Å². The van der Waals surface area contributed by atoms with Gasteiger partial charge in [0.1, 0.15) is 0 Å². The summed E-state index contributed by atoms with van der Waals surface area (Å²) in [5.74, 6) is 0.354. The predicted octanol–water partition coefficient (Wildman–Crippen LogP) is 1.92. The molecule has 0 fully saturated rings. The van der Waals surface area contributed by atoms with E-state index < -0.39 is 15.6 Å². The topological polar surface area (TPSA) is 81.4 Å². The van der Waals surface area contributed by atoms with Gasteiger partial charge in [-0.15, -0.1) is 0 Å². The highest BCUT2D eigenvalue weighted by molar-refractivity contribution is 7.89. The summed E-state index contributed by atoms with van der Waals surface area (Å²) in [5, 5.41) is 0. The van der Waals surface area contributed by atoms with Gasteiger partial charge in [-0.1, -0.05) is 26.0 Å². The molecule has 126 valence electrons. The second kappa shape index (κ2) is 8.06. The molecule has 0 heterocycles. The minimum atomic E-state index is -3.57. The van der Waals surface area contributed by atoms with E-state index in [0.717, 1.165) is 12.0 Å². The maximum Gasteiger partial charge on any atom is 0.241 e. The number of hydrogen-bond donors (Lipinski definition) is 2. The molecule has 0 bridgehead atoms. The molecule has 1 aromatic carbocycles. The zero-order valence-electron chi connectivity index (χ0n) is 13.9. The summed E-state index contributed by atoms with van der Waals surface area (Å²) in [6.07, 6.45) is 1.45. The van der Waals surface area contributed by atoms with Crippen LogP contribution in [0.15, 0.2) is 29.2 Å². The molecule has 1 rings (SSSR count). The number of rotatable bonds is 9. The van der Waals surface area contributed by atoms with Gasteiger partial charge >= 0.3 is 0 Å². The summed E-state index contributed by atoms with van der Waals surface area (Å²) in [6, 6.07) is 6.88. The van der Waals surface area contributed by atoms with Gasteiger partial charge in [0, 0.05) is 19.2 Å². The van der Waals surface area contributed by atoms with Gasteiger partial charge < -0.3 is 10.5 Å². The van der Waals surface area contributed by atoms with Crippen molar-refractivity contribution < 1.29 is 13.2 Å². The van der Waals surface area contributed by atoms with Crippen LogP contribution in [0.5, 0.6) is 0 Å². The number of nitrogens with one attached hydrogen (secondary N) is 1. The van der Waals surface area contributed by atoms with Crippen LogP contribution < -0.4 is 10.5 Å². The molecule has 0 saturated heterocycles. The SMILES string of the molecule is COCCc1ccc(S(=O)(=O)NC(C)(CN)CC(C)C)cc1. The highest BCUT2D eigenvalue weighted by Crippen LogP contribution is 2.20. The Bertz CT molecular complexity index is 555. The highest BCUT2D eigenvalue weighted by Gasteiger charge is 2.30. The first-order chi connectivity index (χ1) is 10.2. The summed E-state index contributed by atoms with van der Waals surface area (Å²) in [5.41, 5.74) is 6.19. The summed E-state index contributed by atoms with van der Waals surface area (Å²) in [4.78, 5) is 0.261. The van der Waals surface area contributed by atoms with E-state index in [-0.39, 0.29) is 11.4 Å². The first kappa shape index (κ1) is 19.1. The van der Waals surface area contributed by atoms with E-state index in [2.05, 4.69) is 4.72 Å². The second-order valence-electron chi connectivity index (χ2n) is 6.36. The van der Waals surface area contributed by atoms with Gasteiger partial charge in [0.2, 0.25) is 10.0 Å². The van der Waals surface area contributed by atoms with E-state index in [1.54, 1.807) is 19.2 Å².